The molecule has 1 amide bonds. The number of ether oxygens (including phenoxy) is 2. The van der Waals surface area contributed by atoms with E-state index in [4.69, 9.17) is 21.1 Å². The van der Waals surface area contributed by atoms with Gasteiger partial charge in [-0.25, -0.2) is 4.79 Å². The molecule has 0 fully saturated rings. The van der Waals surface area contributed by atoms with Crippen molar-refractivity contribution in [1.29, 1.82) is 0 Å². The van der Waals surface area contributed by atoms with Crippen molar-refractivity contribution in [2.75, 3.05) is 13.6 Å². The van der Waals surface area contributed by atoms with Crippen LogP contribution in [0, 0.1) is 5.92 Å². The van der Waals surface area contributed by atoms with Gasteiger partial charge in [0.15, 0.2) is 0 Å². The highest BCUT2D eigenvalue weighted by atomic mass is 35.5. The van der Waals surface area contributed by atoms with Crippen LogP contribution in [0.15, 0.2) is 24.3 Å². The summed E-state index contributed by atoms with van der Waals surface area (Å²) in [7, 11) is 1.76. The first-order valence-corrected chi connectivity index (χ1v) is 8.82. The lowest BCUT2D eigenvalue weighted by Crippen LogP contribution is -2.35. The van der Waals surface area contributed by atoms with Crippen LogP contribution in [0.3, 0.4) is 0 Å². The number of hydrogen-bond acceptors (Lipinski definition) is 3. The smallest absolute Gasteiger partial charge is 0.410 e. The number of amides is 1. The van der Waals surface area contributed by atoms with Crippen LogP contribution in [0.4, 0.5) is 4.79 Å². The van der Waals surface area contributed by atoms with Crippen molar-refractivity contribution in [3.05, 3.63) is 29.3 Å². The molecule has 0 saturated heterocycles. The van der Waals surface area contributed by atoms with Crippen LogP contribution in [0.1, 0.15) is 47.5 Å². The van der Waals surface area contributed by atoms with Gasteiger partial charge in [0.1, 0.15) is 17.5 Å². The Labute approximate surface area is 151 Å². The third-order valence-corrected chi connectivity index (χ3v) is 3.78. The van der Waals surface area contributed by atoms with Crippen molar-refractivity contribution in [3.63, 3.8) is 0 Å². The second-order valence-electron chi connectivity index (χ2n) is 7.40. The normalized spacial score (nSPS) is 12.8. The van der Waals surface area contributed by atoms with Crippen LogP contribution in [-0.2, 0) is 4.74 Å². The third kappa shape index (κ3) is 7.91. The number of rotatable bonds is 7. The zero-order valence-electron chi connectivity index (χ0n) is 15.6. The standard InChI is InChI=1S/C19H30ClNO3/c1-14(2)17(23-16-11-9-15(20)10-12-16)8-7-13-21(6)18(22)24-19(3,4)5/h9-12,14,17H,7-8,13H2,1-6H3. The van der Waals surface area contributed by atoms with Gasteiger partial charge in [-0.3, -0.25) is 0 Å². The number of nitrogens with zero attached hydrogens (tertiary/aromatic N) is 1. The fourth-order valence-electron chi connectivity index (χ4n) is 2.18. The average Bonchev–Trinajstić information content (AvgIpc) is 2.46. The summed E-state index contributed by atoms with van der Waals surface area (Å²) >= 11 is 5.90. The molecule has 0 aliphatic carbocycles. The van der Waals surface area contributed by atoms with Crippen LogP contribution in [0.25, 0.3) is 0 Å². The summed E-state index contributed by atoms with van der Waals surface area (Å²) in [5.41, 5.74) is -0.469. The summed E-state index contributed by atoms with van der Waals surface area (Å²) in [5, 5.41) is 0.697. The maximum atomic E-state index is 12.0. The Balaban J connectivity index is 2.46. The lowest BCUT2D eigenvalue weighted by Gasteiger charge is -2.26. The molecule has 0 spiro atoms. The summed E-state index contributed by atoms with van der Waals surface area (Å²) in [5.74, 6) is 1.20. The van der Waals surface area contributed by atoms with E-state index in [1.165, 1.54) is 0 Å². The summed E-state index contributed by atoms with van der Waals surface area (Å²) in [6.07, 6.45) is 1.53. The van der Waals surface area contributed by atoms with Gasteiger partial charge in [-0.05, 0) is 63.8 Å². The second-order valence-corrected chi connectivity index (χ2v) is 7.83. The zero-order valence-corrected chi connectivity index (χ0v) is 16.4. The average molecular weight is 356 g/mol. The molecule has 1 unspecified atom stereocenters. The topological polar surface area (TPSA) is 38.8 Å². The first-order valence-electron chi connectivity index (χ1n) is 8.45. The van der Waals surface area contributed by atoms with Crippen LogP contribution in [0.2, 0.25) is 5.02 Å². The van der Waals surface area contributed by atoms with Gasteiger partial charge in [0.05, 0.1) is 0 Å². The largest absolute Gasteiger partial charge is 0.490 e. The lowest BCUT2D eigenvalue weighted by molar-refractivity contribution is 0.0288. The molecule has 0 bridgehead atoms. The molecule has 1 atom stereocenters. The minimum Gasteiger partial charge on any atom is -0.490 e. The van der Waals surface area contributed by atoms with E-state index < -0.39 is 5.60 Å². The molecule has 0 N–H and O–H groups in total. The van der Waals surface area contributed by atoms with Crippen LogP contribution >= 0.6 is 11.6 Å². The quantitative estimate of drug-likeness (QED) is 0.658. The van der Waals surface area contributed by atoms with E-state index in [1.54, 1.807) is 11.9 Å². The summed E-state index contributed by atoms with van der Waals surface area (Å²) < 4.78 is 11.4. The Morgan fingerprint density at radius 3 is 2.29 bits per heavy atom. The monoisotopic (exact) mass is 355 g/mol. The molecule has 0 aromatic heterocycles. The van der Waals surface area contributed by atoms with E-state index in [2.05, 4.69) is 13.8 Å². The van der Waals surface area contributed by atoms with Gasteiger partial charge in [-0.1, -0.05) is 25.4 Å². The molecule has 0 radical (unpaired) electrons. The predicted molar refractivity (Wildman–Crippen MR) is 98.8 cm³/mol. The SMILES string of the molecule is CC(C)C(CCCN(C)C(=O)OC(C)(C)C)Oc1ccc(Cl)cc1. The number of carbonyl (C=O) groups is 1. The van der Waals surface area contributed by atoms with E-state index in [-0.39, 0.29) is 12.2 Å². The van der Waals surface area contributed by atoms with Gasteiger partial charge >= 0.3 is 6.09 Å². The Morgan fingerprint density at radius 1 is 1.21 bits per heavy atom. The molecule has 1 rings (SSSR count). The van der Waals surface area contributed by atoms with E-state index in [0.29, 0.717) is 17.5 Å². The molecule has 24 heavy (non-hydrogen) atoms. The molecule has 1 aromatic rings. The molecule has 5 heteroatoms. The first-order chi connectivity index (χ1) is 11.1. The third-order valence-electron chi connectivity index (χ3n) is 3.53. The van der Waals surface area contributed by atoms with E-state index >= 15 is 0 Å². The predicted octanol–water partition coefficient (Wildman–Crippen LogP) is 5.39. The van der Waals surface area contributed by atoms with Crippen molar-refractivity contribution in [2.45, 2.75) is 59.2 Å². The van der Waals surface area contributed by atoms with E-state index in [1.807, 2.05) is 45.0 Å². The fraction of sp³-hybridized carbons (Fsp3) is 0.632. The number of carbonyl (C=O) groups excluding carboxylic acids is 1. The number of benzene rings is 1. The minimum atomic E-state index is -0.469. The Kier molecular flexibility index (Phi) is 7.88. The van der Waals surface area contributed by atoms with Crippen molar-refractivity contribution in [3.8, 4) is 5.75 Å². The molecule has 0 saturated carbocycles. The fourth-order valence-corrected chi connectivity index (χ4v) is 2.30. The van der Waals surface area contributed by atoms with Crippen LogP contribution in [-0.4, -0.2) is 36.3 Å². The molecule has 136 valence electrons. The highest BCUT2D eigenvalue weighted by molar-refractivity contribution is 6.30. The summed E-state index contributed by atoms with van der Waals surface area (Å²) in [6, 6.07) is 7.41. The molecular weight excluding hydrogens is 326 g/mol. The van der Waals surface area contributed by atoms with Gasteiger partial charge in [0.2, 0.25) is 0 Å². The first kappa shape index (κ1) is 20.6. The summed E-state index contributed by atoms with van der Waals surface area (Å²) in [6.45, 7) is 10.5. The van der Waals surface area contributed by atoms with Crippen molar-refractivity contribution in [2.24, 2.45) is 5.92 Å². The Bertz CT molecular complexity index is 508. The molecule has 1 aromatic carbocycles. The van der Waals surface area contributed by atoms with Gasteiger partial charge in [-0.2, -0.15) is 0 Å². The van der Waals surface area contributed by atoms with Crippen molar-refractivity contribution >= 4 is 17.7 Å². The van der Waals surface area contributed by atoms with Crippen molar-refractivity contribution in [1.82, 2.24) is 4.90 Å². The van der Waals surface area contributed by atoms with E-state index in [9.17, 15) is 4.79 Å². The second kappa shape index (κ2) is 9.16. The van der Waals surface area contributed by atoms with E-state index in [0.717, 1.165) is 18.6 Å². The highest BCUT2D eigenvalue weighted by Gasteiger charge is 2.20. The molecule has 0 heterocycles. The molecular formula is C19H30ClNO3. The van der Waals surface area contributed by atoms with Crippen LogP contribution < -0.4 is 4.74 Å². The Hall–Kier alpha value is -1.42. The van der Waals surface area contributed by atoms with Crippen molar-refractivity contribution < 1.29 is 14.3 Å². The number of halogens is 1. The highest BCUT2D eigenvalue weighted by Crippen LogP contribution is 2.21. The number of hydrogen-bond donors (Lipinski definition) is 0. The molecule has 0 aliphatic rings. The maximum Gasteiger partial charge on any atom is 0.410 e. The molecule has 4 nitrogen and oxygen atoms in total. The zero-order chi connectivity index (χ0) is 18.3. The Morgan fingerprint density at radius 2 is 1.79 bits per heavy atom. The minimum absolute atomic E-state index is 0.0956. The maximum absolute atomic E-state index is 12.0. The van der Waals surface area contributed by atoms with Gasteiger partial charge in [0.25, 0.3) is 0 Å². The van der Waals surface area contributed by atoms with Gasteiger partial charge < -0.3 is 14.4 Å². The van der Waals surface area contributed by atoms with Gasteiger partial charge in [0, 0.05) is 18.6 Å². The molecule has 0 aliphatic heterocycles. The lowest BCUT2D eigenvalue weighted by atomic mass is 10.0. The van der Waals surface area contributed by atoms with Crippen LogP contribution in [0.5, 0.6) is 5.75 Å². The summed E-state index contributed by atoms with van der Waals surface area (Å²) in [4.78, 5) is 13.6. The van der Waals surface area contributed by atoms with Gasteiger partial charge in [-0.15, -0.1) is 0 Å².